The minimum absolute atomic E-state index is 0.000881. The van der Waals surface area contributed by atoms with Crippen LogP contribution in [0.3, 0.4) is 0 Å². The number of benzene rings is 1. The Morgan fingerprint density at radius 3 is 1.94 bits per heavy atom. The lowest BCUT2D eigenvalue weighted by molar-refractivity contribution is -0.148. The van der Waals surface area contributed by atoms with Crippen molar-refractivity contribution >= 4 is 24.4 Å². The van der Waals surface area contributed by atoms with E-state index in [0.717, 1.165) is 0 Å². The third-order valence-electron chi connectivity index (χ3n) is 4.66. The summed E-state index contributed by atoms with van der Waals surface area (Å²) < 4.78 is 34.9. The summed E-state index contributed by atoms with van der Waals surface area (Å²) in [5.74, 6) is -0.839. The highest BCUT2D eigenvalue weighted by molar-refractivity contribution is 5.76. The van der Waals surface area contributed by atoms with Gasteiger partial charge in [0.25, 0.3) is 0 Å². The van der Waals surface area contributed by atoms with Crippen molar-refractivity contribution in [2.45, 2.75) is 66.2 Å². The Balaban J connectivity index is 2.74. The molecule has 12 heteroatoms. The fourth-order valence-corrected chi connectivity index (χ4v) is 2.48. The van der Waals surface area contributed by atoms with Crippen LogP contribution in [0, 0.1) is 5.92 Å². The van der Waals surface area contributed by atoms with Gasteiger partial charge < -0.3 is 38.9 Å². The average molecular weight is 514 g/mol. The average Bonchev–Trinajstić information content (AvgIpc) is 2.79. The zero-order valence-corrected chi connectivity index (χ0v) is 21.4. The topological polar surface area (TPSA) is 159 Å². The molecule has 202 valence electrons. The second-order valence-corrected chi connectivity index (χ2v) is 8.04. The van der Waals surface area contributed by atoms with E-state index >= 15 is 0 Å². The van der Waals surface area contributed by atoms with Crippen LogP contribution in [0.5, 0.6) is 11.5 Å². The molecule has 0 radical (unpaired) electrons. The third-order valence-corrected chi connectivity index (χ3v) is 4.66. The van der Waals surface area contributed by atoms with Crippen molar-refractivity contribution in [3.8, 4) is 11.5 Å². The first-order chi connectivity index (χ1) is 17.0. The van der Waals surface area contributed by atoms with Gasteiger partial charge in [0.05, 0.1) is 13.2 Å². The summed E-state index contributed by atoms with van der Waals surface area (Å²) in [6.07, 6.45) is -3.94. The van der Waals surface area contributed by atoms with Gasteiger partial charge in [0.15, 0.2) is 11.5 Å². The molecule has 36 heavy (non-hydrogen) atoms. The van der Waals surface area contributed by atoms with Gasteiger partial charge in [-0.05, 0) is 57.7 Å². The number of carbonyl (C=O) groups excluding carboxylic acids is 4. The Hall–Kier alpha value is -3.54. The maximum atomic E-state index is 12.3. The standard InChI is InChI=1S/C24H35NO11/c1-7-30-22(27)35-19-10-9-17(12-20(19)36-23(28)31-8-2)11-18(25)21(26)32-13-15(5)33-24(29)34-16(6)14(3)4/h9-10,12,14-16,18H,7-8,11,13,25H2,1-6H3/t15-,16?,18-/m0/s1. The monoisotopic (exact) mass is 513 g/mol. The summed E-state index contributed by atoms with van der Waals surface area (Å²) in [4.78, 5) is 47.5. The maximum absolute atomic E-state index is 12.3. The normalized spacial score (nSPS) is 13.1. The molecular weight excluding hydrogens is 478 g/mol. The predicted molar refractivity (Wildman–Crippen MR) is 126 cm³/mol. The van der Waals surface area contributed by atoms with Gasteiger partial charge in [-0.2, -0.15) is 0 Å². The summed E-state index contributed by atoms with van der Waals surface area (Å²) in [7, 11) is 0. The molecule has 0 heterocycles. The largest absolute Gasteiger partial charge is 0.513 e. The molecule has 0 aromatic heterocycles. The first-order valence-electron chi connectivity index (χ1n) is 11.6. The quantitative estimate of drug-likeness (QED) is 0.245. The van der Waals surface area contributed by atoms with E-state index < -0.39 is 36.6 Å². The van der Waals surface area contributed by atoms with E-state index in [-0.39, 0.29) is 49.8 Å². The van der Waals surface area contributed by atoms with Crippen LogP contribution in [0.25, 0.3) is 0 Å². The van der Waals surface area contributed by atoms with E-state index in [2.05, 4.69) is 0 Å². The van der Waals surface area contributed by atoms with Gasteiger partial charge in [0.1, 0.15) is 24.9 Å². The van der Waals surface area contributed by atoms with Crippen LogP contribution in [0.4, 0.5) is 14.4 Å². The van der Waals surface area contributed by atoms with E-state index in [1.165, 1.54) is 18.2 Å². The van der Waals surface area contributed by atoms with E-state index in [1.54, 1.807) is 27.7 Å². The molecule has 2 N–H and O–H groups in total. The maximum Gasteiger partial charge on any atom is 0.513 e. The fraction of sp³-hybridized carbons (Fsp3) is 0.583. The highest BCUT2D eigenvalue weighted by atomic mass is 16.7. The van der Waals surface area contributed by atoms with Crippen LogP contribution in [-0.4, -0.2) is 62.5 Å². The summed E-state index contributed by atoms with van der Waals surface area (Å²) in [6, 6.07) is 3.17. The van der Waals surface area contributed by atoms with Crippen LogP contribution >= 0.6 is 0 Å². The van der Waals surface area contributed by atoms with Crippen molar-refractivity contribution < 1.29 is 52.3 Å². The van der Waals surface area contributed by atoms with Gasteiger partial charge >= 0.3 is 24.4 Å². The van der Waals surface area contributed by atoms with Gasteiger partial charge in [0.2, 0.25) is 0 Å². The van der Waals surface area contributed by atoms with Crippen LogP contribution in [0.15, 0.2) is 18.2 Å². The molecule has 3 atom stereocenters. The van der Waals surface area contributed by atoms with Crippen molar-refractivity contribution in [2.75, 3.05) is 19.8 Å². The van der Waals surface area contributed by atoms with Crippen molar-refractivity contribution in [3.63, 3.8) is 0 Å². The zero-order valence-electron chi connectivity index (χ0n) is 21.4. The van der Waals surface area contributed by atoms with Crippen LogP contribution in [0.1, 0.15) is 47.1 Å². The third kappa shape index (κ3) is 11.3. The van der Waals surface area contributed by atoms with E-state index in [1.807, 2.05) is 13.8 Å². The second-order valence-electron chi connectivity index (χ2n) is 8.04. The summed E-state index contributed by atoms with van der Waals surface area (Å²) in [6.45, 7) is 10.2. The summed E-state index contributed by atoms with van der Waals surface area (Å²) in [5, 5.41) is 0. The number of nitrogens with two attached hydrogens (primary N) is 1. The molecule has 0 saturated carbocycles. The molecule has 1 aromatic carbocycles. The Morgan fingerprint density at radius 1 is 0.806 bits per heavy atom. The number of hydrogen-bond donors (Lipinski definition) is 1. The molecule has 0 amide bonds. The van der Waals surface area contributed by atoms with Gasteiger partial charge in [-0.25, -0.2) is 14.4 Å². The van der Waals surface area contributed by atoms with Gasteiger partial charge in [-0.3, -0.25) is 4.79 Å². The van der Waals surface area contributed by atoms with Crippen molar-refractivity contribution in [2.24, 2.45) is 11.7 Å². The fourth-order valence-electron chi connectivity index (χ4n) is 2.48. The first kappa shape index (κ1) is 30.5. The summed E-state index contributed by atoms with van der Waals surface area (Å²) in [5.41, 5.74) is 6.43. The molecule has 0 fully saturated rings. The molecule has 1 unspecified atom stereocenters. The second kappa shape index (κ2) is 15.5. The van der Waals surface area contributed by atoms with Crippen molar-refractivity contribution in [3.05, 3.63) is 23.8 Å². The molecule has 1 aromatic rings. The van der Waals surface area contributed by atoms with E-state index in [4.69, 9.17) is 38.9 Å². The lowest BCUT2D eigenvalue weighted by atomic mass is 10.1. The van der Waals surface area contributed by atoms with E-state index in [9.17, 15) is 19.2 Å². The summed E-state index contributed by atoms with van der Waals surface area (Å²) >= 11 is 0. The number of esters is 1. The Bertz CT molecular complexity index is 887. The minimum atomic E-state index is -1.09. The Kier molecular flexibility index (Phi) is 13.1. The molecule has 12 nitrogen and oxygen atoms in total. The number of ether oxygens (including phenoxy) is 7. The molecule has 0 aliphatic heterocycles. The minimum Gasteiger partial charge on any atom is -0.461 e. The molecule has 0 bridgehead atoms. The molecular formula is C24H35NO11. The van der Waals surface area contributed by atoms with Gasteiger partial charge in [-0.15, -0.1) is 0 Å². The van der Waals surface area contributed by atoms with Crippen molar-refractivity contribution in [1.29, 1.82) is 0 Å². The van der Waals surface area contributed by atoms with Gasteiger partial charge in [-0.1, -0.05) is 19.9 Å². The lowest BCUT2D eigenvalue weighted by Crippen LogP contribution is -2.36. The molecule has 0 aliphatic rings. The Labute approximate surface area is 210 Å². The Morgan fingerprint density at radius 2 is 1.39 bits per heavy atom. The molecule has 0 spiro atoms. The number of carbonyl (C=O) groups is 4. The van der Waals surface area contributed by atoms with Crippen LogP contribution < -0.4 is 15.2 Å². The first-order valence-corrected chi connectivity index (χ1v) is 11.6. The SMILES string of the molecule is CCOC(=O)Oc1ccc(C[C@H](N)C(=O)OC[C@H](C)OC(=O)OC(C)C(C)C)cc1OC(=O)OCC. The smallest absolute Gasteiger partial charge is 0.461 e. The van der Waals surface area contributed by atoms with E-state index in [0.29, 0.717) is 5.56 Å². The zero-order chi connectivity index (χ0) is 27.3. The van der Waals surface area contributed by atoms with Crippen LogP contribution in [-0.2, 0) is 34.9 Å². The van der Waals surface area contributed by atoms with Crippen molar-refractivity contribution in [1.82, 2.24) is 0 Å². The number of hydrogen-bond acceptors (Lipinski definition) is 12. The molecule has 0 saturated heterocycles. The molecule has 1 rings (SSSR count). The number of rotatable bonds is 12. The highest BCUT2D eigenvalue weighted by Gasteiger charge is 2.22. The molecule has 0 aliphatic carbocycles. The van der Waals surface area contributed by atoms with Gasteiger partial charge in [0, 0.05) is 0 Å². The van der Waals surface area contributed by atoms with Crippen LogP contribution in [0.2, 0.25) is 0 Å². The predicted octanol–water partition coefficient (Wildman–Crippen LogP) is 3.76. The highest BCUT2D eigenvalue weighted by Crippen LogP contribution is 2.30. The lowest BCUT2D eigenvalue weighted by Gasteiger charge is -2.19.